The monoisotopic (exact) mass is 379 g/mol. The number of barbiturate groups is 1. The van der Waals surface area contributed by atoms with Crippen LogP contribution in [0.1, 0.15) is 44.1 Å². The molecule has 5 aliphatic rings. The first-order chi connectivity index (χ1) is 13.4. The van der Waals surface area contributed by atoms with Gasteiger partial charge in [-0.15, -0.1) is 0 Å². The largest absolute Gasteiger partial charge is 0.335 e. The van der Waals surface area contributed by atoms with E-state index in [1.807, 2.05) is 19.1 Å². The van der Waals surface area contributed by atoms with E-state index in [-0.39, 0.29) is 5.54 Å². The zero-order valence-electron chi connectivity index (χ0n) is 16.1. The number of imide groups is 2. The average molecular weight is 379 g/mol. The van der Waals surface area contributed by atoms with E-state index in [1.54, 1.807) is 12.1 Å². The molecule has 6 heteroatoms. The third-order valence-corrected chi connectivity index (χ3v) is 7.06. The maximum atomic E-state index is 13.1. The number of urea groups is 1. The van der Waals surface area contributed by atoms with Gasteiger partial charge >= 0.3 is 6.03 Å². The number of rotatable bonds is 3. The molecule has 1 aromatic carbocycles. The molecule has 6 nitrogen and oxygen atoms in total. The quantitative estimate of drug-likeness (QED) is 0.647. The van der Waals surface area contributed by atoms with Crippen molar-refractivity contribution in [1.82, 2.24) is 5.32 Å². The number of amides is 4. The first kappa shape index (κ1) is 17.6. The molecule has 146 valence electrons. The number of hydrogen-bond donors (Lipinski definition) is 1. The molecular weight excluding hydrogens is 354 g/mol. The highest BCUT2D eigenvalue weighted by molar-refractivity contribution is 6.32. The van der Waals surface area contributed by atoms with Crippen molar-refractivity contribution >= 4 is 29.7 Å². The van der Waals surface area contributed by atoms with Gasteiger partial charge in [-0.25, -0.2) is 9.69 Å². The lowest BCUT2D eigenvalue weighted by atomic mass is 9.53. The minimum atomic E-state index is -1.05. The molecule has 4 saturated carbocycles. The summed E-state index contributed by atoms with van der Waals surface area (Å²) >= 11 is 0. The van der Waals surface area contributed by atoms with Gasteiger partial charge in [0, 0.05) is 6.21 Å². The van der Waals surface area contributed by atoms with Crippen molar-refractivity contribution in [3.63, 3.8) is 0 Å². The fourth-order valence-electron chi connectivity index (χ4n) is 6.22. The molecule has 6 rings (SSSR count). The molecule has 4 aliphatic carbocycles. The van der Waals surface area contributed by atoms with Crippen LogP contribution in [-0.4, -0.2) is 29.6 Å². The summed E-state index contributed by atoms with van der Waals surface area (Å²) in [6, 6.07) is 6.49. The van der Waals surface area contributed by atoms with Crippen molar-refractivity contribution in [3.8, 4) is 0 Å². The van der Waals surface area contributed by atoms with Gasteiger partial charge in [0.05, 0.1) is 11.2 Å². The first-order valence-electron chi connectivity index (χ1n) is 10.2. The minimum Gasteiger partial charge on any atom is -0.289 e. The summed E-state index contributed by atoms with van der Waals surface area (Å²) in [5.74, 6) is 0.0770. The second-order valence-electron chi connectivity index (χ2n) is 9.15. The lowest BCUT2D eigenvalue weighted by molar-refractivity contribution is -0.131. The van der Waals surface area contributed by atoms with E-state index in [0.29, 0.717) is 5.69 Å². The van der Waals surface area contributed by atoms with Crippen LogP contribution in [0.3, 0.4) is 0 Å². The van der Waals surface area contributed by atoms with Gasteiger partial charge in [-0.3, -0.25) is 19.9 Å². The molecule has 28 heavy (non-hydrogen) atoms. The maximum absolute atomic E-state index is 13.1. The number of aryl methyl sites for hydroxylation is 1. The van der Waals surface area contributed by atoms with Crippen LogP contribution in [0, 0.1) is 30.6 Å². The Morgan fingerprint density at radius 2 is 1.64 bits per heavy atom. The summed E-state index contributed by atoms with van der Waals surface area (Å²) in [5, 5.41) is 2.33. The van der Waals surface area contributed by atoms with Gasteiger partial charge in [0.1, 0.15) is 0 Å². The molecule has 1 aromatic rings. The van der Waals surface area contributed by atoms with Crippen LogP contribution in [0.25, 0.3) is 0 Å². The van der Waals surface area contributed by atoms with Crippen molar-refractivity contribution in [3.05, 3.63) is 29.8 Å². The SMILES string of the molecule is Cc1ccccc1N1C(=O)NC(=O)[C@H](C=NC23CC4CC(CC(C4)C2)C3)C1=O. The van der Waals surface area contributed by atoms with E-state index in [9.17, 15) is 14.4 Å². The molecule has 4 bridgehead atoms. The van der Waals surface area contributed by atoms with Gasteiger partial charge in [-0.05, 0) is 74.8 Å². The zero-order chi connectivity index (χ0) is 19.5. The van der Waals surface area contributed by atoms with E-state index in [4.69, 9.17) is 4.99 Å². The van der Waals surface area contributed by atoms with Crippen LogP contribution in [0.4, 0.5) is 10.5 Å². The second-order valence-corrected chi connectivity index (χ2v) is 9.15. The van der Waals surface area contributed by atoms with Crippen molar-refractivity contribution in [2.75, 3.05) is 4.90 Å². The number of carbonyl (C=O) groups is 3. The van der Waals surface area contributed by atoms with Gasteiger partial charge < -0.3 is 0 Å². The standard InChI is InChI=1S/C22H25N3O3/c1-13-4-2-3-5-18(13)25-20(27)17(19(26)24-21(25)28)12-23-22-9-14-6-15(10-22)8-16(7-14)11-22/h2-5,12,14-17H,6-11H2,1H3,(H,24,26,28)/t14?,15?,16?,17-,22?/m0/s1. The summed E-state index contributed by atoms with van der Waals surface area (Å²) in [5.41, 5.74) is 1.20. The highest BCUT2D eigenvalue weighted by atomic mass is 16.2. The van der Waals surface area contributed by atoms with E-state index in [2.05, 4.69) is 5.32 Å². The molecular formula is C22H25N3O3. The highest BCUT2D eigenvalue weighted by Crippen LogP contribution is 2.57. The van der Waals surface area contributed by atoms with Gasteiger partial charge in [0.25, 0.3) is 5.91 Å². The third-order valence-electron chi connectivity index (χ3n) is 7.06. The molecule has 1 atom stereocenters. The Balaban J connectivity index is 1.42. The smallest absolute Gasteiger partial charge is 0.289 e. The Bertz CT molecular complexity index is 855. The topological polar surface area (TPSA) is 78.8 Å². The van der Waals surface area contributed by atoms with E-state index in [0.717, 1.165) is 47.5 Å². The number of carbonyl (C=O) groups excluding carboxylic acids is 3. The average Bonchev–Trinajstić information content (AvgIpc) is 2.61. The molecule has 5 fully saturated rings. The molecule has 1 heterocycles. The van der Waals surface area contributed by atoms with Crippen LogP contribution >= 0.6 is 0 Å². The number of anilines is 1. The number of aliphatic imine (C=N–C) groups is 1. The van der Waals surface area contributed by atoms with Crippen LogP contribution in [0.5, 0.6) is 0 Å². The Kier molecular flexibility index (Phi) is 3.93. The van der Waals surface area contributed by atoms with E-state index in [1.165, 1.54) is 25.5 Å². The summed E-state index contributed by atoms with van der Waals surface area (Å²) in [4.78, 5) is 43.8. The Morgan fingerprint density at radius 1 is 1.04 bits per heavy atom. The predicted molar refractivity (Wildman–Crippen MR) is 105 cm³/mol. The highest BCUT2D eigenvalue weighted by Gasteiger charge is 2.51. The molecule has 0 unspecified atom stereocenters. The van der Waals surface area contributed by atoms with Crippen molar-refractivity contribution in [2.45, 2.75) is 51.0 Å². The molecule has 0 spiro atoms. The minimum absolute atomic E-state index is 0.107. The van der Waals surface area contributed by atoms with Gasteiger partial charge in [-0.1, -0.05) is 18.2 Å². The van der Waals surface area contributed by atoms with E-state index >= 15 is 0 Å². The Labute approximate surface area is 164 Å². The first-order valence-corrected chi connectivity index (χ1v) is 10.2. The van der Waals surface area contributed by atoms with Crippen LogP contribution in [-0.2, 0) is 9.59 Å². The molecule has 1 aliphatic heterocycles. The zero-order valence-corrected chi connectivity index (χ0v) is 16.1. The van der Waals surface area contributed by atoms with Gasteiger partial charge in [-0.2, -0.15) is 0 Å². The molecule has 0 radical (unpaired) electrons. The normalized spacial score (nSPS) is 37.0. The summed E-state index contributed by atoms with van der Waals surface area (Å²) in [6.07, 6.45) is 8.67. The summed E-state index contributed by atoms with van der Waals surface area (Å²) in [6.45, 7) is 1.84. The van der Waals surface area contributed by atoms with Crippen molar-refractivity contribution < 1.29 is 14.4 Å². The fraction of sp³-hybridized carbons (Fsp3) is 0.545. The number of benzene rings is 1. The number of nitrogens with zero attached hydrogens (tertiary/aromatic N) is 2. The van der Waals surface area contributed by atoms with Gasteiger partial charge in [0.2, 0.25) is 5.91 Å². The molecule has 0 aromatic heterocycles. The Morgan fingerprint density at radius 3 is 2.25 bits per heavy atom. The third kappa shape index (κ3) is 2.77. The summed E-state index contributed by atoms with van der Waals surface area (Å²) in [7, 11) is 0. The predicted octanol–water partition coefficient (Wildman–Crippen LogP) is 3.23. The van der Waals surface area contributed by atoms with Gasteiger partial charge in [0.15, 0.2) is 5.92 Å². The number of para-hydroxylation sites is 1. The molecule has 1 saturated heterocycles. The van der Waals surface area contributed by atoms with Crippen molar-refractivity contribution in [2.24, 2.45) is 28.7 Å². The van der Waals surface area contributed by atoms with Crippen molar-refractivity contribution in [1.29, 1.82) is 0 Å². The van der Waals surface area contributed by atoms with Crippen LogP contribution in [0.15, 0.2) is 29.3 Å². The second kappa shape index (κ2) is 6.26. The molecule has 4 amide bonds. The van der Waals surface area contributed by atoms with Crippen LogP contribution in [0.2, 0.25) is 0 Å². The fourth-order valence-corrected chi connectivity index (χ4v) is 6.22. The number of hydrogen-bond acceptors (Lipinski definition) is 4. The Hall–Kier alpha value is -2.50. The van der Waals surface area contributed by atoms with Crippen LogP contribution < -0.4 is 10.2 Å². The molecule has 1 N–H and O–H groups in total. The lowest BCUT2D eigenvalue weighted by Crippen LogP contribution is -2.59. The van der Waals surface area contributed by atoms with E-state index < -0.39 is 23.8 Å². The number of nitrogens with one attached hydrogen (secondary N) is 1. The lowest BCUT2D eigenvalue weighted by Gasteiger charge is -2.55. The summed E-state index contributed by atoms with van der Waals surface area (Å²) < 4.78 is 0. The maximum Gasteiger partial charge on any atom is 0.335 e.